The third-order valence-corrected chi connectivity index (χ3v) is 22.0. The summed E-state index contributed by atoms with van der Waals surface area (Å²) < 4.78 is 61.5. The molecule has 0 fully saturated rings. The number of phosphoric acid groups is 2. The maximum atomic E-state index is 13.1. The molecule has 692 valence electrons. The van der Waals surface area contributed by atoms with Gasteiger partial charge in [-0.15, -0.1) is 0 Å². The van der Waals surface area contributed by atoms with Gasteiger partial charge < -0.3 is 34.2 Å². The van der Waals surface area contributed by atoms with E-state index < -0.39 is 91.5 Å². The van der Waals surface area contributed by atoms with Gasteiger partial charge >= 0.3 is 33.6 Å². The Morgan fingerprint density at radius 1 is 0.240 bits per heavy atom. The lowest BCUT2D eigenvalue weighted by molar-refractivity contribution is -0.161. The highest BCUT2D eigenvalue weighted by atomic mass is 31.2. The van der Waals surface area contributed by atoms with Crippen LogP contribution in [-0.2, 0) is 55.8 Å². The number of aliphatic hydroxyl groups excluding tert-OH is 2. The van der Waals surface area contributed by atoms with E-state index in [9.17, 15) is 43.5 Å². The minimum absolute atomic E-state index is 0.0802. The molecule has 0 rings (SSSR count). The molecule has 0 aromatic rings. The summed E-state index contributed by atoms with van der Waals surface area (Å²) in [6.45, 7) is 2.45. The second-order valence-electron chi connectivity index (χ2n) is 31.8. The van der Waals surface area contributed by atoms with E-state index in [1.165, 1.54) is 154 Å². The normalized spacial score (nSPS) is 14.5. The monoisotopic (exact) mass is 1730 g/mol. The van der Waals surface area contributed by atoms with E-state index in [1.54, 1.807) is 0 Å². The first-order chi connectivity index (χ1) is 59.2. The smallest absolute Gasteiger partial charge is 0.463 e. The van der Waals surface area contributed by atoms with Gasteiger partial charge in [0.2, 0.25) is 0 Å². The molecule has 0 amide bonds. The van der Waals surface area contributed by atoms with Crippen molar-refractivity contribution in [3.05, 3.63) is 182 Å². The van der Waals surface area contributed by atoms with Crippen LogP contribution in [0.2, 0.25) is 0 Å². The zero-order valence-corrected chi connectivity index (χ0v) is 78.2. The molecule has 0 bridgehead atoms. The third kappa shape index (κ3) is 95.2. The number of aliphatic hydroxyl groups is 2. The summed E-state index contributed by atoms with van der Waals surface area (Å²) in [6.07, 6.45) is 124. The van der Waals surface area contributed by atoms with E-state index in [1.807, 2.05) is 0 Å². The van der Waals surface area contributed by atoms with E-state index in [2.05, 4.69) is 203 Å². The fourth-order valence-electron chi connectivity index (χ4n) is 12.9. The second kappa shape index (κ2) is 93.8. The van der Waals surface area contributed by atoms with E-state index in [0.29, 0.717) is 19.3 Å². The predicted octanol–water partition coefficient (Wildman–Crippen LogP) is 30.0. The number of hydrogen-bond acceptors (Lipinski definition) is 14. The van der Waals surface area contributed by atoms with E-state index in [0.717, 1.165) is 180 Å². The molecule has 4 N–H and O–H groups in total. The van der Waals surface area contributed by atoms with Crippen LogP contribution in [0.25, 0.3) is 0 Å². The van der Waals surface area contributed by atoms with Gasteiger partial charge in [-0.3, -0.25) is 32.5 Å². The van der Waals surface area contributed by atoms with Crippen LogP contribution in [-0.4, -0.2) is 95.9 Å². The molecule has 0 aromatic heterocycles. The zero-order valence-electron chi connectivity index (χ0n) is 76.4. The Morgan fingerprint density at radius 2 is 0.438 bits per heavy atom. The molecule has 0 spiro atoms. The van der Waals surface area contributed by atoms with Gasteiger partial charge in [0.25, 0.3) is 0 Å². The molecule has 0 radical (unpaired) electrons. The zero-order chi connectivity index (χ0) is 87.9. The van der Waals surface area contributed by atoms with Crippen LogP contribution in [0, 0.1) is 0 Å². The summed E-state index contributed by atoms with van der Waals surface area (Å²) >= 11 is 0. The van der Waals surface area contributed by atoms with Crippen molar-refractivity contribution in [2.75, 3.05) is 39.6 Å². The van der Waals surface area contributed by atoms with Crippen molar-refractivity contribution >= 4 is 33.6 Å². The SMILES string of the molecule is CC/C=C\C/C=C\C/C=C\C/C=C\C/C=C\C/C=C\CCCCCCCCCCCCCCCCC(=O)OCC(O)COP(=O)(O)OCC(O)COP(=O)(O)OCC(COC(=O)CCCCCCCCCCCCCCCCC/C=C\C/C=C\C/C=C\C/C=C\C/C=C\CC)OC(=O)CCCCCCC/C=C\C/C=C\C/C=C\C/C=C\CCCCC. The summed E-state index contributed by atoms with van der Waals surface area (Å²) in [5.74, 6) is -1.59. The Hall–Kier alpha value is -5.35. The first-order valence-electron chi connectivity index (χ1n) is 48.1. The summed E-state index contributed by atoms with van der Waals surface area (Å²) in [7, 11) is -9.82. The van der Waals surface area contributed by atoms with E-state index in [4.69, 9.17) is 32.3 Å². The van der Waals surface area contributed by atoms with Gasteiger partial charge in [0.1, 0.15) is 25.4 Å². The average Bonchev–Trinajstić information content (AvgIpc) is 0.889. The van der Waals surface area contributed by atoms with Crippen molar-refractivity contribution < 1.29 is 75.8 Å². The predicted molar refractivity (Wildman–Crippen MR) is 509 cm³/mol. The van der Waals surface area contributed by atoms with Gasteiger partial charge in [-0.2, -0.15) is 0 Å². The third-order valence-electron chi connectivity index (χ3n) is 20.1. The molecule has 5 atom stereocenters. The van der Waals surface area contributed by atoms with Crippen LogP contribution in [0.15, 0.2) is 182 Å². The van der Waals surface area contributed by atoms with Crippen LogP contribution in [0.4, 0.5) is 0 Å². The number of allylic oxidation sites excluding steroid dienone is 30. The topological polar surface area (TPSA) is 231 Å². The van der Waals surface area contributed by atoms with Crippen molar-refractivity contribution in [3.63, 3.8) is 0 Å². The van der Waals surface area contributed by atoms with Gasteiger partial charge in [-0.05, 0) is 161 Å². The highest BCUT2D eigenvalue weighted by Crippen LogP contribution is 2.45. The van der Waals surface area contributed by atoms with Gasteiger partial charge in [0, 0.05) is 19.3 Å². The molecule has 18 heteroatoms. The maximum Gasteiger partial charge on any atom is 0.472 e. The molecule has 0 heterocycles. The van der Waals surface area contributed by atoms with Gasteiger partial charge in [-0.1, -0.05) is 396 Å². The molecule has 16 nitrogen and oxygen atoms in total. The largest absolute Gasteiger partial charge is 0.472 e. The molecule has 5 unspecified atom stereocenters. The highest BCUT2D eigenvalue weighted by molar-refractivity contribution is 7.47. The number of carbonyl (C=O) groups is 3. The Kier molecular flexibility index (Phi) is 89.6. The summed E-state index contributed by atoms with van der Waals surface area (Å²) in [5.41, 5.74) is 0. The van der Waals surface area contributed by atoms with Gasteiger partial charge in [0.15, 0.2) is 6.10 Å². The molecular weight excluding hydrogens is 1560 g/mol. The summed E-state index contributed by atoms with van der Waals surface area (Å²) in [5, 5.41) is 20.8. The number of esters is 3. The fraction of sp³-hybridized carbons (Fsp3) is 0.680. The number of carbonyl (C=O) groups excluding carboxylic acids is 3. The second-order valence-corrected chi connectivity index (χ2v) is 34.7. The Labute approximate surface area is 738 Å². The van der Waals surface area contributed by atoms with Crippen LogP contribution in [0.5, 0.6) is 0 Å². The van der Waals surface area contributed by atoms with Crippen molar-refractivity contribution in [2.24, 2.45) is 0 Å². The lowest BCUT2D eigenvalue weighted by Crippen LogP contribution is -2.30. The molecule has 0 aromatic carbocycles. The lowest BCUT2D eigenvalue weighted by atomic mass is 10.0. The van der Waals surface area contributed by atoms with Crippen molar-refractivity contribution in [3.8, 4) is 0 Å². The number of rotatable bonds is 90. The molecule has 0 saturated heterocycles. The van der Waals surface area contributed by atoms with Crippen LogP contribution >= 0.6 is 15.6 Å². The van der Waals surface area contributed by atoms with Crippen molar-refractivity contribution in [2.45, 2.75) is 411 Å². The fourth-order valence-corrected chi connectivity index (χ4v) is 14.5. The highest BCUT2D eigenvalue weighted by Gasteiger charge is 2.30. The molecule has 0 aliphatic heterocycles. The molecule has 0 aliphatic rings. The molecular formula is C103H174O16P2. The number of hydrogen-bond donors (Lipinski definition) is 4. The van der Waals surface area contributed by atoms with Crippen LogP contribution in [0.3, 0.4) is 0 Å². The van der Waals surface area contributed by atoms with Crippen molar-refractivity contribution in [1.82, 2.24) is 0 Å². The van der Waals surface area contributed by atoms with E-state index >= 15 is 0 Å². The first-order valence-corrected chi connectivity index (χ1v) is 51.1. The van der Waals surface area contributed by atoms with Gasteiger partial charge in [0.05, 0.1) is 26.4 Å². The quantitative estimate of drug-likeness (QED) is 0.0146. The van der Waals surface area contributed by atoms with Crippen LogP contribution < -0.4 is 0 Å². The van der Waals surface area contributed by atoms with E-state index in [-0.39, 0.29) is 19.3 Å². The average molecular weight is 1730 g/mol. The molecule has 0 aliphatic carbocycles. The Balaban J connectivity index is 4.58. The lowest BCUT2D eigenvalue weighted by Gasteiger charge is -2.21. The Morgan fingerprint density at radius 3 is 0.694 bits per heavy atom. The first kappa shape index (κ1) is 116. The minimum atomic E-state index is -4.95. The molecule has 121 heavy (non-hydrogen) atoms. The molecule has 0 saturated carbocycles. The van der Waals surface area contributed by atoms with Gasteiger partial charge in [-0.25, -0.2) is 9.13 Å². The summed E-state index contributed by atoms with van der Waals surface area (Å²) in [6, 6.07) is 0. The maximum absolute atomic E-state index is 13.1. The summed E-state index contributed by atoms with van der Waals surface area (Å²) in [4.78, 5) is 59.1. The van der Waals surface area contributed by atoms with Crippen molar-refractivity contribution in [1.29, 1.82) is 0 Å². The Bertz CT molecular complexity index is 2930. The minimum Gasteiger partial charge on any atom is -0.463 e. The number of ether oxygens (including phenoxy) is 3. The number of unbranched alkanes of at least 4 members (excludes halogenated alkanes) is 37. The van der Waals surface area contributed by atoms with Crippen LogP contribution in [0.1, 0.15) is 393 Å². The standard InChI is InChI=1S/C103H174O16P2/c1-4-7-10-13-16-19-22-25-28-31-34-37-39-41-43-45-47-48-50-52-53-55-57-60-62-65-68-71-74-77-80-83-86-89-101(106)113-92-98(104)93-115-120(109,110)116-94-99(105)95-117-121(111,112)118-97-100(119-103(108)91-88-85-82-79-76-73-70-67-64-59-36-33-30-27-24-21-18-15-12-9-6-3)96-114-102(107)90-87-84-81-78-75-72-69-66-63-61-58-56-54-51-49-46-44-42-40-38-35-32-29-26-23-20-17-14-11-8-5-2/h7-8,10-11,16-21,25-30,34-38,41-44,47-48,59,67,70,98-100,104-105H,4-6,9,12-15,22-24,31-33,39-40,45-46,49-58,60-66,68-69,71-97H2,1-3H3,(H,109,110)(H,111,112)/b10-7-,11-8-,19-16-,20-17-,21-18-,28-25-,29-26-,30-27-,37-34-,38-35-,43-41-,44-42-,48-47-,59-36-,70-67-. The number of phosphoric ester groups is 2.